The molecule has 0 spiro atoms. The van der Waals surface area contributed by atoms with E-state index < -0.39 is 53.5 Å². The lowest BCUT2D eigenvalue weighted by atomic mass is 10.1. The second-order valence-corrected chi connectivity index (χ2v) is 15.2. The highest BCUT2D eigenvalue weighted by atomic mass is 35.5. The van der Waals surface area contributed by atoms with E-state index in [4.69, 9.17) is 21.1 Å². The van der Waals surface area contributed by atoms with Gasteiger partial charge in [0.25, 0.3) is 0 Å². The second-order valence-electron chi connectivity index (χ2n) is 14.8. The molecule has 0 aliphatic rings. The second kappa shape index (κ2) is 26.7. The molecule has 0 bridgehead atoms. The van der Waals surface area contributed by atoms with Crippen molar-refractivity contribution in [2.45, 2.75) is 38.0 Å². The number of hydrogen-bond donors (Lipinski definition) is 2. The lowest BCUT2D eigenvalue weighted by Gasteiger charge is -2.13. The number of methoxy groups -OCH3 is 2. The van der Waals surface area contributed by atoms with Gasteiger partial charge in [-0.15, -0.1) is 0 Å². The van der Waals surface area contributed by atoms with E-state index in [1.165, 1.54) is 34.1 Å². The molecule has 1 heterocycles. The number of carbonyl (C=O) groups excluding carboxylic acids is 4. The molecular weight excluding hydrogens is 884 g/mol. The van der Waals surface area contributed by atoms with Gasteiger partial charge in [-0.3, -0.25) is 13.9 Å². The van der Waals surface area contributed by atoms with Gasteiger partial charge in [0.1, 0.15) is 60.2 Å². The number of ether oxygens (including phenoxy) is 2. The lowest BCUT2D eigenvalue weighted by Crippen LogP contribution is -2.41. The molecule has 0 radical (unpaired) electrons. The van der Waals surface area contributed by atoms with E-state index >= 15 is 0 Å². The Morgan fingerprint density at radius 3 is 1.47 bits per heavy atom. The number of aromatic nitrogens is 2. The van der Waals surface area contributed by atoms with Gasteiger partial charge < -0.3 is 44.3 Å². The van der Waals surface area contributed by atoms with Gasteiger partial charge in [0.15, 0.2) is 0 Å². The number of nitrogens with one attached hydrogen (secondary N) is 2. The zero-order valence-corrected chi connectivity index (χ0v) is 38.3. The van der Waals surface area contributed by atoms with E-state index in [0.29, 0.717) is 46.5 Å². The summed E-state index contributed by atoms with van der Waals surface area (Å²) in [4.78, 5) is 61.9. The van der Waals surface area contributed by atoms with Crippen LogP contribution in [0.4, 0.5) is 28.9 Å². The molecule has 6 rings (SSSR count). The van der Waals surface area contributed by atoms with Crippen molar-refractivity contribution in [3.05, 3.63) is 153 Å². The minimum atomic E-state index is -1.05. The van der Waals surface area contributed by atoms with Crippen LogP contribution in [0.1, 0.15) is 11.1 Å². The Hall–Kier alpha value is -6.98. The topological polar surface area (TPSA) is 144 Å². The molecule has 0 saturated carbocycles. The number of carbonyl (C=O) groups is 4. The van der Waals surface area contributed by atoms with E-state index in [1.807, 2.05) is 76.7 Å². The van der Waals surface area contributed by atoms with E-state index in [1.54, 1.807) is 33.4 Å². The number of benzene rings is 5. The fourth-order valence-corrected chi connectivity index (χ4v) is 6.34. The van der Waals surface area contributed by atoms with E-state index in [0.717, 1.165) is 34.3 Å². The molecule has 2 N–H and O–H groups in total. The fraction of sp³-hybridized carbons (Fsp3) is 0.271. The Bertz CT molecular complexity index is 2480. The van der Waals surface area contributed by atoms with Crippen LogP contribution in [-0.2, 0) is 45.1 Å². The minimum absolute atomic E-state index is 0.127. The van der Waals surface area contributed by atoms with Crippen LogP contribution < -0.4 is 35.6 Å². The van der Waals surface area contributed by atoms with Crippen molar-refractivity contribution in [1.82, 2.24) is 19.8 Å². The van der Waals surface area contributed by atoms with Gasteiger partial charge in [0.2, 0.25) is 5.91 Å². The molecule has 0 saturated heterocycles. The van der Waals surface area contributed by atoms with Gasteiger partial charge in [0.05, 0.1) is 43.9 Å². The molecule has 0 aliphatic heterocycles. The Kier molecular flexibility index (Phi) is 21.6. The summed E-state index contributed by atoms with van der Waals surface area (Å²) < 4.78 is 64.5. The molecule has 0 fully saturated rings. The molecule has 1 unspecified atom stereocenters. The van der Waals surface area contributed by atoms with Crippen molar-refractivity contribution in [2.75, 3.05) is 59.3 Å². The summed E-state index contributed by atoms with van der Waals surface area (Å²) >= 11 is 5.99. The molecule has 2 atom stereocenters. The van der Waals surface area contributed by atoms with Crippen molar-refractivity contribution in [3.8, 4) is 11.5 Å². The number of anilines is 2. The molecule has 18 heteroatoms. The van der Waals surface area contributed by atoms with Crippen LogP contribution in [0, 0.1) is 23.3 Å². The van der Waals surface area contributed by atoms with Crippen LogP contribution in [0.5, 0.6) is 11.5 Å². The SMILES string of the molecule is CN[C@H](C=O)Cc1cc(F)cc(F)c1.COc1ccc(N(C)C)cc1.COc1ccc(N(C)C)cc1.O=CCn1c(=O)n(CC(=O)NC(C=O)Cc2cc(F)cc(F)c2)c2cc(Cl)ccc21. The van der Waals surface area contributed by atoms with Crippen molar-refractivity contribution < 1.29 is 46.2 Å². The number of rotatable bonds is 16. The predicted molar refractivity (Wildman–Crippen MR) is 249 cm³/mol. The van der Waals surface area contributed by atoms with Crippen LogP contribution in [0.3, 0.4) is 0 Å². The van der Waals surface area contributed by atoms with Gasteiger partial charge in [0, 0.05) is 56.7 Å². The summed E-state index contributed by atoms with van der Waals surface area (Å²) in [5.41, 5.74) is 3.21. The van der Waals surface area contributed by atoms with Crippen molar-refractivity contribution in [3.63, 3.8) is 0 Å². The van der Waals surface area contributed by atoms with Crippen LogP contribution in [-0.4, -0.2) is 95.4 Å². The van der Waals surface area contributed by atoms with Gasteiger partial charge in [-0.1, -0.05) is 11.6 Å². The quantitative estimate of drug-likeness (QED) is 0.0798. The third-order valence-electron chi connectivity index (χ3n) is 9.52. The number of amides is 1. The third kappa shape index (κ3) is 16.9. The van der Waals surface area contributed by atoms with Crippen LogP contribution in [0.15, 0.2) is 108 Å². The first-order chi connectivity index (χ1) is 31.4. The zero-order valence-electron chi connectivity index (χ0n) is 37.6. The van der Waals surface area contributed by atoms with Crippen LogP contribution in [0.25, 0.3) is 11.0 Å². The third-order valence-corrected chi connectivity index (χ3v) is 9.75. The number of aldehydes is 3. The van der Waals surface area contributed by atoms with Gasteiger partial charge in [-0.05, 0) is 122 Å². The first-order valence-corrected chi connectivity index (χ1v) is 20.6. The lowest BCUT2D eigenvalue weighted by molar-refractivity contribution is -0.124. The average Bonchev–Trinajstić information content (AvgIpc) is 3.53. The highest BCUT2D eigenvalue weighted by molar-refractivity contribution is 6.31. The molecular formula is C48H53ClF4N6O7. The van der Waals surface area contributed by atoms with E-state index in [-0.39, 0.29) is 24.9 Å². The van der Waals surface area contributed by atoms with Gasteiger partial charge >= 0.3 is 5.69 Å². The van der Waals surface area contributed by atoms with Crippen molar-refractivity contribution in [1.29, 1.82) is 0 Å². The number of halogens is 5. The highest BCUT2D eigenvalue weighted by Gasteiger charge is 2.19. The highest BCUT2D eigenvalue weighted by Crippen LogP contribution is 2.20. The predicted octanol–water partition coefficient (Wildman–Crippen LogP) is 6.68. The van der Waals surface area contributed by atoms with E-state index in [9.17, 15) is 41.5 Å². The first-order valence-electron chi connectivity index (χ1n) is 20.2. The average molecular weight is 937 g/mol. The smallest absolute Gasteiger partial charge is 0.329 e. The van der Waals surface area contributed by atoms with E-state index in [2.05, 4.69) is 20.4 Å². The monoisotopic (exact) mass is 936 g/mol. The fourth-order valence-electron chi connectivity index (χ4n) is 6.17. The Morgan fingerprint density at radius 2 is 1.09 bits per heavy atom. The van der Waals surface area contributed by atoms with Crippen molar-refractivity contribution >= 4 is 58.8 Å². The largest absolute Gasteiger partial charge is 0.497 e. The summed E-state index contributed by atoms with van der Waals surface area (Å²) in [7, 11) is 13.0. The molecule has 6 aromatic rings. The number of hydrogen-bond acceptors (Lipinski definition) is 10. The number of fused-ring (bicyclic) bond motifs is 1. The number of nitrogens with zero attached hydrogens (tertiary/aromatic N) is 4. The maximum Gasteiger partial charge on any atom is 0.329 e. The normalized spacial score (nSPS) is 11.2. The Labute approximate surface area is 385 Å². The molecule has 1 aromatic heterocycles. The Balaban J connectivity index is 0.000000265. The number of likely N-dealkylation sites (N-methyl/N-ethyl adjacent to an activating group) is 1. The molecule has 66 heavy (non-hydrogen) atoms. The summed E-state index contributed by atoms with van der Waals surface area (Å²) in [5.74, 6) is -1.72. The van der Waals surface area contributed by atoms with Crippen LogP contribution >= 0.6 is 11.6 Å². The zero-order chi connectivity index (χ0) is 48.9. The molecule has 352 valence electrons. The summed E-state index contributed by atoms with van der Waals surface area (Å²) in [6.45, 7) is -0.642. The molecule has 5 aromatic carbocycles. The van der Waals surface area contributed by atoms with Gasteiger partial charge in [-0.2, -0.15) is 0 Å². The maximum atomic E-state index is 13.3. The standard InChI is InChI=1S/C20H16ClF2N3O4.C10H11F2NO.2C9H13NO/c21-13-1-2-17-18(8-13)26(20(30)25(17)3-4-27)10-19(29)24-16(11-28)7-12-5-14(22)9-15(23)6-12;1-13-10(6-14)4-7-2-8(11)5-9(12)3-7;2*1-10(2)8-4-6-9(11-3)7-5-8/h1-2,4-6,8-9,11,16H,3,7,10H2,(H,24,29);2-3,5-6,10,13H,4H2,1H3;2*4-7H,1-3H3/t;10-;;/m.0../s1. The molecule has 13 nitrogen and oxygen atoms in total. The summed E-state index contributed by atoms with van der Waals surface area (Å²) in [6, 6.07) is 25.1. The van der Waals surface area contributed by atoms with Crippen LogP contribution in [0.2, 0.25) is 5.02 Å². The Morgan fingerprint density at radius 1 is 0.652 bits per heavy atom. The minimum Gasteiger partial charge on any atom is -0.497 e. The first kappa shape index (κ1) is 53.4. The summed E-state index contributed by atoms with van der Waals surface area (Å²) in [5, 5.41) is 5.49. The number of imidazole rings is 1. The maximum absolute atomic E-state index is 13.3. The van der Waals surface area contributed by atoms with Crippen molar-refractivity contribution in [2.24, 2.45) is 0 Å². The molecule has 1 amide bonds. The van der Waals surface area contributed by atoms with Gasteiger partial charge in [-0.25, -0.2) is 22.4 Å². The molecule has 0 aliphatic carbocycles. The summed E-state index contributed by atoms with van der Waals surface area (Å²) in [6.07, 6.45) is 1.87.